The molecule has 0 atom stereocenters. The van der Waals surface area contributed by atoms with Gasteiger partial charge in [-0.05, 0) is 18.9 Å². The Labute approximate surface area is 107 Å². The van der Waals surface area contributed by atoms with Gasteiger partial charge in [0.2, 0.25) is 0 Å². The Bertz CT molecular complexity index is 431. The van der Waals surface area contributed by atoms with Crippen molar-refractivity contribution in [2.45, 2.75) is 30.7 Å². The Hall–Kier alpha value is -0.590. The SMILES string of the molecule is Cn1nccc1S(=O)(=O)NCCCCCCCl. The van der Waals surface area contributed by atoms with Gasteiger partial charge in [0.1, 0.15) is 0 Å². The first-order valence-corrected chi connectivity index (χ1v) is 7.63. The van der Waals surface area contributed by atoms with Crippen LogP contribution < -0.4 is 4.72 Å². The molecule has 0 fully saturated rings. The second kappa shape index (κ2) is 6.98. The summed E-state index contributed by atoms with van der Waals surface area (Å²) in [6.07, 6.45) is 5.30. The van der Waals surface area contributed by atoms with Crippen molar-refractivity contribution in [3.63, 3.8) is 0 Å². The third-order valence-corrected chi connectivity index (χ3v) is 4.21. The minimum Gasteiger partial charge on any atom is -0.256 e. The highest BCUT2D eigenvalue weighted by molar-refractivity contribution is 7.89. The molecule has 1 heterocycles. The maximum atomic E-state index is 11.8. The first-order valence-electron chi connectivity index (χ1n) is 5.61. The summed E-state index contributed by atoms with van der Waals surface area (Å²) in [5.41, 5.74) is 0. The van der Waals surface area contributed by atoms with Crippen LogP contribution in [0.15, 0.2) is 17.3 Å². The predicted molar refractivity (Wildman–Crippen MR) is 67.6 cm³/mol. The second-order valence-electron chi connectivity index (χ2n) is 3.79. The van der Waals surface area contributed by atoms with E-state index >= 15 is 0 Å². The number of aryl methyl sites for hydroxylation is 1. The molecule has 0 unspecified atom stereocenters. The van der Waals surface area contributed by atoms with Crippen molar-refractivity contribution >= 4 is 21.6 Å². The van der Waals surface area contributed by atoms with E-state index in [-0.39, 0.29) is 5.03 Å². The van der Waals surface area contributed by atoms with Crippen LogP contribution in [0.3, 0.4) is 0 Å². The Morgan fingerprint density at radius 3 is 2.65 bits per heavy atom. The molecule has 0 spiro atoms. The summed E-state index contributed by atoms with van der Waals surface area (Å²) in [6, 6.07) is 1.48. The van der Waals surface area contributed by atoms with Gasteiger partial charge in [0, 0.05) is 19.5 Å². The van der Waals surface area contributed by atoms with Crippen molar-refractivity contribution in [3.05, 3.63) is 12.3 Å². The number of aromatic nitrogens is 2. The number of sulfonamides is 1. The van der Waals surface area contributed by atoms with Gasteiger partial charge in [-0.15, -0.1) is 11.6 Å². The standard InChI is InChI=1S/C10H18ClN3O2S/c1-14-10(6-9-12-14)17(15,16)13-8-5-3-2-4-7-11/h6,9,13H,2-5,7-8H2,1H3. The molecule has 0 saturated heterocycles. The minimum absolute atomic E-state index is 0.193. The van der Waals surface area contributed by atoms with Gasteiger partial charge in [0.15, 0.2) is 5.03 Å². The van der Waals surface area contributed by atoms with Gasteiger partial charge in [0.05, 0.1) is 6.20 Å². The number of hydrogen-bond donors (Lipinski definition) is 1. The van der Waals surface area contributed by atoms with E-state index in [9.17, 15) is 8.42 Å². The molecule has 1 aromatic rings. The molecule has 1 N–H and O–H groups in total. The van der Waals surface area contributed by atoms with Crippen molar-refractivity contribution in [1.29, 1.82) is 0 Å². The third-order valence-electron chi connectivity index (χ3n) is 2.40. The number of alkyl halides is 1. The number of rotatable bonds is 8. The average molecular weight is 280 g/mol. The lowest BCUT2D eigenvalue weighted by molar-refractivity contribution is 0.557. The lowest BCUT2D eigenvalue weighted by atomic mass is 10.2. The van der Waals surface area contributed by atoms with E-state index in [0.29, 0.717) is 12.4 Å². The molecule has 98 valence electrons. The first kappa shape index (κ1) is 14.5. The van der Waals surface area contributed by atoms with Crippen molar-refractivity contribution in [1.82, 2.24) is 14.5 Å². The van der Waals surface area contributed by atoms with E-state index in [1.807, 2.05) is 0 Å². The zero-order chi connectivity index (χ0) is 12.7. The molecule has 0 aromatic carbocycles. The van der Waals surface area contributed by atoms with Crippen molar-refractivity contribution in [2.24, 2.45) is 7.05 Å². The van der Waals surface area contributed by atoms with Crippen molar-refractivity contribution in [3.8, 4) is 0 Å². The molecule has 0 amide bonds. The molecular formula is C10H18ClN3O2S. The predicted octanol–water partition coefficient (Wildman–Crippen LogP) is 1.50. The molecule has 17 heavy (non-hydrogen) atoms. The summed E-state index contributed by atoms with van der Waals surface area (Å²) in [5.74, 6) is 0.667. The molecule has 0 aliphatic heterocycles. The fraction of sp³-hybridized carbons (Fsp3) is 0.700. The maximum Gasteiger partial charge on any atom is 0.257 e. The number of unbranched alkanes of at least 4 members (excludes halogenated alkanes) is 3. The lowest BCUT2D eigenvalue weighted by Crippen LogP contribution is -2.26. The number of nitrogens with one attached hydrogen (secondary N) is 1. The van der Waals surface area contributed by atoms with Crippen LogP contribution in [-0.2, 0) is 17.1 Å². The molecule has 0 radical (unpaired) electrons. The second-order valence-corrected chi connectivity index (χ2v) is 5.89. The third kappa shape index (κ3) is 4.65. The van der Waals surface area contributed by atoms with Crippen LogP contribution in [-0.4, -0.2) is 30.6 Å². The van der Waals surface area contributed by atoms with E-state index < -0.39 is 10.0 Å². The van der Waals surface area contributed by atoms with E-state index in [0.717, 1.165) is 25.7 Å². The van der Waals surface area contributed by atoms with Gasteiger partial charge < -0.3 is 0 Å². The average Bonchev–Trinajstić information content (AvgIpc) is 2.70. The normalized spacial score (nSPS) is 11.9. The highest BCUT2D eigenvalue weighted by Gasteiger charge is 2.16. The quantitative estimate of drug-likeness (QED) is 0.579. The Balaban J connectivity index is 2.34. The van der Waals surface area contributed by atoms with E-state index in [1.54, 1.807) is 7.05 Å². The fourth-order valence-corrected chi connectivity index (χ4v) is 2.86. The Morgan fingerprint density at radius 1 is 1.35 bits per heavy atom. The molecule has 0 bridgehead atoms. The molecule has 0 aliphatic rings. The molecule has 1 rings (SSSR count). The summed E-state index contributed by atoms with van der Waals surface area (Å²) < 4.78 is 27.5. The summed E-state index contributed by atoms with van der Waals surface area (Å²) in [4.78, 5) is 0. The van der Waals surface area contributed by atoms with Gasteiger partial charge in [0.25, 0.3) is 10.0 Å². The largest absolute Gasteiger partial charge is 0.257 e. The number of hydrogen-bond acceptors (Lipinski definition) is 3. The zero-order valence-electron chi connectivity index (χ0n) is 9.89. The van der Waals surface area contributed by atoms with Crippen LogP contribution in [0.4, 0.5) is 0 Å². The summed E-state index contributed by atoms with van der Waals surface area (Å²) in [7, 11) is -1.81. The highest BCUT2D eigenvalue weighted by atomic mass is 35.5. The van der Waals surface area contributed by atoms with Crippen LogP contribution in [0.1, 0.15) is 25.7 Å². The van der Waals surface area contributed by atoms with Crippen LogP contribution in [0.2, 0.25) is 0 Å². The van der Waals surface area contributed by atoms with Crippen molar-refractivity contribution in [2.75, 3.05) is 12.4 Å². The first-order chi connectivity index (χ1) is 8.08. The Morgan fingerprint density at radius 2 is 2.06 bits per heavy atom. The monoisotopic (exact) mass is 279 g/mol. The van der Waals surface area contributed by atoms with Crippen molar-refractivity contribution < 1.29 is 8.42 Å². The van der Waals surface area contributed by atoms with Gasteiger partial charge >= 0.3 is 0 Å². The summed E-state index contributed by atoms with van der Waals surface area (Å²) in [6.45, 7) is 0.454. The molecule has 0 saturated carbocycles. The maximum absolute atomic E-state index is 11.8. The Kier molecular flexibility index (Phi) is 5.94. The molecule has 5 nitrogen and oxygen atoms in total. The van der Waals surface area contributed by atoms with Crippen LogP contribution in [0.5, 0.6) is 0 Å². The van der Waals surface area contributed by atoms with E-state index in [1.165, 1.54) is 16.9 Å². The van der Waals surface area contributed by atoms with E-state index in [2.05, 4.69) is 9.82 Å². The topological polar surface area (TPSA) is 64.0 Å². The lowest BCUT2D eigenvalue weighted by Gasteiger charge is -2.06. The van der Waals surface area contributed by atoms with Crippen LogP contribution in [0.25, 0.3) is 0 Å². The fourth-order valence-electron chi connectivity index (χ4n) is 1.48. The highest BCUT2D eigenvalue weighted by Crippen LogP contribution is 2.06. The van der Waals surface area contributed by atoms with Crippen LogP contribution in [0, 0.1) is 0 Å². The molecule has 7 heteroatoms. The van der Waals surface area contributed by atoms with Gasteiger partial charge in [-0.3, -0.25) is 4.68 Å². The summed E-state index contributed by atoms with van der Waals surface area (Å²) >= 11 is 5.55. The van der Waals surface area contributed by atoms with E-state index in [4.69, 9.17) is 11.6 Å². The molecule has 0 aliphatic carbocycles. The smallest absolute Gasteiger partial charge is 0.256 e. The molecular weight excluding hydrogens is 262 g/mol. The van der Waals surface area contributed by atoms with Gasteiger partial charge in [-0.25, -0.2) is 13.1 Å². The zero-order valence-corrected chi connectivity index (χ0v) is 11.5. The van der Waals surface area contributed by atoms with Crippen LogP contribution >= 0.6 is 11.6 Å². The number of halogens is 1. The number of nitrogens with zero attached hydrogens (tertiary/aromatic N) is 2. The van der Waals surface area contributed by atoms with Gasteiger partial charge in [-0.2, -0.15) is 5.10 Å². The molecule has 1 aromatic heterocycles. The minimum atomic E-state index is -3.42. The summed E-state index contributed by atoms with van der Waals surface area (Å²) in [5, 5.41) is 4.03. The van der Waals surface area contributed by atoms with Gasteiger partial charge in [-0.1, -0.05) is 12.8 Å².